The lowest BCUT2D eigenvalue weighted by Crippen LogP contribution is -2.14. The van der Waals surface area contributed by atoms with Crippen LogP contribution < -0.4 is 10.1 Å². The van der Waals surface area contributed by atoms with Crippen molar-refractivity contribution in [3.05, 3.63) is 54.1 Å². The summed E-state index contributed by atoms with van der Waals surface area (Å²) >= 11 is 1.40. The molecule has 1 aliphatic rings. The molecule has 0 saturated heterocycles. The maximum atomic E-state index is 12.4. The number of aryl methyl sites for hydroxylation is 1. The number of thioether (sulfide) groups is 1. The van der Waals surface area contributed by atoms with Crippen molar-refractivity contribution < 1.29 is 9.53 Å². The van der Waals surface area contributed by atoms with E-state index in [2.05, 4.69) is 29.4 Å². The minimum Gasteiger partial charge on any atom is -0.490 e. The summed E-state index contributed by atoms with van der Waals surface area (Å²) in [6.45, 7) is 4.90. The van der Waals surface area contributed by atoms with Crippen molar-refractivity contribution in [1.29, 1.82) is 0 Å². The molecule has 3 aromatic rings. The van der Waals surface area contributed by atoms with E-state index in [9.17, 15) is 4.79 Å². The molecule has 2 aromatic carbocycles. The zero-order valence-corrected chi connectivity index (χ0v) is 19.5. The number of hydrogen-bond acceptors (Lipinski definition) is 5. The zero-order chi connectivity index (χ0) is 22.3. The number of carbonyl (C=O) groups excluding carboxylic acids is 1. The third kappa shape index (κ3) is 5.51. The van der Waals surface area contributed by atoms with Gasteiger partial charge in [0.15, 0.2) is 11.0 Å². The Bertz CT molecular complexity index is 1030. The first kappa shape index (κ1) is 22.4. The van der Waals surface area contributed by atoms with Crippen molar-refractivity contribution in [1.82, 2.24) is 14.8 Å². The van der Waals surface area contributed by atoms with Crippen LogP contribution in [0.1, 0.15) is 45.1 Å². The molecule has 168 valence electrons. The molecule has 1 saturated carbocycles. The average Bonchev–Trinajstić information content (AvgIpc) is 3.48. The lowest BCUT2D eigenvalue weighted by molar-refractivity contribution is -0.113. The van der Waals surface area contributed by atoms with Crippen LogP contribution >= 0.6 is 11.8 Å². The van der Waals surface area contributed by atoms with Crippen molar-refractivity contribution >= 4 is 23.4 Å². The van der Waals surface area contributed by atoms with Crippen LogP contribution in [0, 0.1) is 0 Å². The van der Waals surface area contributed by atoms with E-state index in [0.717, 1.165) is 53.8 Å². The summed E-state index contributed by atoms with van der Waals surface area (Å²) in [5.74, 6) is 1.93. The lowest BCUT2D eigenvalue weighted by atomic mass is 10.1. The van der Waals surface area contributed by atoms with Gasteiger partial charge in [0.05, 0.1) is 11.9 Å². The number of nitrogens with zero attached hydrogens (tertiary/aromatic N) is 3. The molecular formula is C25H30N4O2S. The molecule has 1 aliphatic carbocycles. The number of rotatable bonds is 9. The van der Waals surface area contributed by atoms with Gasteiger partial charge in [0.2, 0.25) is 5.91 Å². The number of benzene rings is 2. The van der Waals surface area contributed by atoms with E-state index in [-0.39, 0.29) is 11.7 Å². The molecule has 4 rings (SSSR count). The lowest BCUT2D eigenvalue weighted by Gasteiger charge is -2.13. The molecule has 1 amide bonds. The predicted molar refractivity (Wildman–Crippen MR) is 129 cm³/mol. The Balaban J connectivity index is 1.37. The quantitative estimate of drug-likeness (QED) is 0.431. The number of carbonyl (C=O) groups is 1. The molecule has 0 radical (unpaired) electrons. The molecule has 6 nitrogen and oxygen atoms in total. The van der Waals surface area contributed by atoms with Gasteiger partial charge in [0, 0.05) is 17.8 Å². The van der Waals surface area contributed by atoms with E-state index in [0.29, 0.717) is 6.10 Å². The van der Waals surface area contributed by atoms with Gasteiger partial charge in [0.1, 0.15) is 5.75 Å². The molecule has 7 heteroatoms. The van der Waals surface area contributed by atoms with Crippen LogP contribution in [0.4, 0.5) is 5.69 Å². The number of amides is 1. The van der Waals surface area contributed by atoms with Gasteiger partial charge >= 0.3 is 0 Å². The number of hydrogen-bond donors (Lipinski definition) is 1. The van der Waals surface area contributed by atoms with E-state index in [1.807, 2.05) is 53.1 Å². The second-order valence-electron chi connectivity index (χ2n) is 7.99. The van der Waals surface area contributed by atoms with Crippen LogP contribution in [0.25, 0.3) is 11.4 Å². The molecule has 32 heavy (non-hydrogen) atoms. The Morgan fingerprint density at radius 1 is 1.06 bits per heavy atom. The van der Waals surface area contributed by atoms with Gasteiger partial charge in [-0.2, -0.15) is 0 Å². The van der Waals surface area contributed by atoms with Crippen molar-refractivity contribution in [2.45, 2.75) is 63.8 Å². The van der Waals surface area contributed by atoms with Crippen molar-refractivity contribution in [2.24, 2.45) is 0 Å². The number of nitrogens with one attached hydrogen (secondary N) is 1. The summed E-state index contributed by atoms with van der Waals surface area (Å²) in [4.78, 5) is 12.4. The fraction of sp³-hybridized carbons (Fsp3) is 0.400. The van der Waals surface area contributed by atoms with Crippen LogP contribution in [0.15, 0.2) is 53.7 Å². The smallest absolute Gasteiger partial charge is 0.234 e. The highest BCUT2D eigenvalue weighted by atomic mass is 32.2. The average molecular weight is 451 g/mol. The standard InChI is InChI=1S/C25H30N4O2S/c1-3-18-9-13-20(14-10-18)26-23(30)17-32-25-28-27-24(29(25)4-2)19-11-15-22(16-12-19)31-21-7-5-6-8-21/h9-16,21H,3-8,17H2,1-2H3,(H,26,30). The summed E-state index contributed by atoms with van der Waals surface area (Å²) in [6.07, 6.45) is 6.13. The van der Waals surface area contributed by atoms with E-state index >= 15 is 0 Å². The van der Waals surface area contributed by atoms with Gasteiger partial charge < -0.3 is 14.6 Å². The minimum atomic E-state index is -0.0557. The van der Waals surface area contributed by atoms with Gasteiger partial charge in [0.25, 0.3) is 0 Å². The molecule has 1 N–H and O–H groups in total. The van der Waals surface area contributed by atoms with Gasteiger partial charge in [-0.15, -0.1) is 10.2 Å². The molecule has 1 aromatic heterocycles. The normalized spacial score (nSPS) is 13.9. The molecule has 1 heterocycles. The maximum Gasteiger partial charge on any atom is 0.234 e. The number of ether oxygens (including phenoxy) is 1. The van der Waals surface area contributed by atoms with Crippen LogP contribution in [-0.4, -0.2) is 32.5 Å². The van der Waals surface area contributed by atoms with Crippen LogP contribution in [0.2, 0.25) is 0 Å². The molecule has 0 bridgehead atoms. The molecule has 0 atom stereocenters. The van der Waals surface area contributed by atoms with E-state index in [4.69, 9.17) is 4.74 Å². The summed E-state index contributed by atoms with van der Waals surface area (Å²) < 4.78 is 8.11. The zero-order valence-electron chi connectivity index (χ0n) is 18.7. The Kier molecular flexibility index (Phi) is 7.47. The first-order valence-electron chi connectivity index (χ1n) is 11.4. The molecule has 1 fully saturated rings. The Morgan fingerprint density at radius 3 is 2.44 bits per heavy atom. The third-order valence-corrected chi connectivity index (χ3v) is 6.70. The molecule has 0 spiro atoms. The van der Waals surface area contributed by atoms with E-state index < -0.39 is 0 Å². The third-order valence-electron chi connectivity index (χ3n) is 5.73. The molecule has 0 aliphatic heterocycles. The van der Waals surface area contributed by atoms with Gasteiger partial charge in [-0.3, -0.25) is 4.79 Å². The highest BCUT2D eigenvalue weighted by Crippen LogP contribution is 2.28. The fourth-order valence-corrected chi connectivity index (χ4v) is 4.73. The number of aromatic nitrogens is 3. The first-order valence-corrected chi connectivity index (χ1v) is 12.4. The van der Waals surface area contributed by atoms with Gasteiger partial charge in [-0.1, -0.05) is 30.8 Å². The van der Waals surface area contributed by atoms with Gasteiger partial charge in [-0.25, -0.2) is 0 Å². The summed E-state index contributed by atoms with van der Waals surface area (Å²) in [5.41, 5.74) is 3.05. The second kappa shape index (κ2) is 10.7. The topological polar surface area (TPSA) is 69.0 Å². The van der Waals surface area contributed by atoms with Crippen molar-refractivity contribution in [3.63, 3.8) is 0 Å². The Labute approximate surface area is 193 Å². The highest BCUT2D eigenvalue weighted by Gasteiger charge is 2.18. The fourth-order valence-electron chi connectivity index (χ4n) is 3.93. The van der Waals surface area contributed by atoms with Crippen LogP contribution in [0.3, 0.4) is 0 Å². The Morgan fingerprint density at radius 2 is 1.78 bits per heavy atom. The second-order valence-corrected chi connectivity index (χ2v) is 8.93. The maximum absolute atomic E-state index is 12.4. The van der Waals surface area contributed by atoms with Crippen molar-refractivity contribution in [2.75, 3.05) is 11.1 Å². The van der Waals surface area contributed by atoms with Crippen molar-refractivity contribution in [3.8, 4) is 17.1 Å². The molecular weight excluding hydrogens is 420 g/mol. The largest absolute Gasteiger partial charge is 0.490 e. The highest BCUT2D eigenvalue weighted by molar-refractivity contribution is 7.99. The number of anilines is 1. The summed E-state index contributed by atoms with van der Waals surface area (Å²) in [5, 5.41) is 12.4. The SMILES string of the molecule is CCc1ccc(NC(=O)CSc2nnc(-c3ccc(OC4CCCC4)cc3)n2CC)cc1. The van der Waals surface area contributed by atoms with E-state index in [1.54, 1.807) is 0 Å². The first-order chi connectivity index (χ1) is 15.7. The molecule has 0 unspecified atom stereocenters. The van der Waals surface area contributed by atoms with Crippen LogP contribution in [-0.2, 0) is 17.8 Å². The summed E-state index contributed by atoms with van der Waals surface area (Å²) in [7, 11) is 0. The predicted octanol–water partition coefficient (Wildman–Crippen LogP) is 5.58. The monoisotopic (exact) mass is 450 g/mol. The van der Waals surface area contributed by atoms with E-state index in [1.165, 1.54) is 30.2 Å². The summed E-state index contributed by atoms with van der Waals surface area (Å²) in [6, 6.07) is 16.0. The van der Waals surface area contributed by atoms with Crippen LogP contribution in [0.5, 0.6) is 5.75 Å². The Hall–Kier alpha value is -2.80. The minimum absolute atomic E-state index is 0.0557. The van der Waals surface area contributed by atoms with Gasteiger partial charge in [-0.05, 0) is 81.0 Å².